The molecule has 130 valence electrons. The molecule has 0 atom stereocenters. The van der Waals surface area contributed by atoms with Crippen molar-refractivity contribution in [2.75, 3.05) is 6.54 Å². The summed E-state index contributed by atoms with van der Waals surface area (Å²) >= 11 is 0. The van der Waals surface area contributed by atoms with Crippen molar-refractivity contribution in [1.29, 1.82) is 0 Å². The van der Waals surface area contributed by atoms with Crippen molar-refractivity contribution in [2.45, 2.75) is 52.7 Å². The van der Waals surface area contributed by atoms with Crippen LogP contribution in [0.3, 0.4) is 0 Å². The number of rotatable bonds is 7. The maximum absolute atomic E-state index is 12.3. The van der Waals surface area contributed by atoms with E-state index in [1.165, 1.54) is 6.08 Å². The van der Waals surface area contributed by atoms with Gasteiger partial charge < -0.3 is 9.47 Å². The van der Waals surface area contributed by atoms with Gasteiger partial charge in [0.1, 0.15) is 0 Å². The lowest BCUT2D eigenvalue weighted by Crippen LogP contribution is -2.54. The summed E-state index contributed by atoms with van der Waals surface area (Å²) in [6, 6.07) is 0. The largest absolute Gasteiger partial charge is 0.445 e. The number of allylic oxidation sites excluding steroid dienone is 1. The number of imide groups is 1. The lowest BCUT2D eigenvalue weighted by molar-refractivity contribution is -0.142. The first kappa shape index (κ1) is 20.7. The minimum atomic E-state index is -0.934. The first-order chi connectivity index (χ1) is 10.7. The molecule has 0 spiro atoms. The SMILES string of the molecule is C=CCCC(=O)N(C(=O)OC(C)C)N(CC=C)C(=O)OC(C)C. The molecule has 7 heteroatoms. The highest BCUT2D eigenvalue weighted by Gasteiger charge is 2.33. The van der Waals surface area contributed by atoms with Gasteiger partial charge in [-0.05, 0) is 34.1 Å². The second-order valence-electron chi connectivity index (χ2n) is 5.27. The molecule has 0 saturated carbocycles. The molecule has 23 heavy (non-hydrogen) atoms. The highest BCUT2D eigenvalue weighted by molar-refractivity contribution is 5.93. The lowest BCUT2D eigenvalue weighted by Gasteiger charge is -2.31. The molecule has 0 N–H and O–H groups in total. The van der Waals surface area contributed by atoms with Gasteiger partial charge in [0.05, 0.1) is 18.8 Å². The molecule has 0 aromatic rings. The number of nitrogens with zero attached hydrogens (tertiary/aromatic N) is 2. The van der Waals surface area contributed by atoms with E-state index < -0.39 is 30.3 Å². The molecule has 0 aliphatic heterocycles. The fraction of sp³-hybridized carbons (Fsp3) is 0.562. The van der Waals surface area contributed by atoms with E-state index in [0.717, 1.165) is 5.01 Å². The summed E-state index contributed by atoms with van der Waals surface area (Å²) in [6.45, 7) is 13.6. The summed E-state index contributed by atoms with van der Waals surface area (Å²) in [5.74, 6) is -0.585. The van der Waals surface area contributed by atoms with Crippen LogP contribution in [0.5, 0.6) is 0 Å². The summed E-state index contributed by atoms with van der Waals surface area (Å²) in [6.07, 6.45) is 0.714. The quantitative estimate of drug-likeness (QED) is 0.530. The number of carbonyl (C=O) groups excluding carboxylic acids is 3. The van der Waals surface area contributed by atoms with Gasteiger partial charge in [-0.1, -0.05) is 12.2 Å². The minimum Gasteiger partial charge on any atom is -0.445 e. The number of carbonyl (C=O) groups is 3. The van der Waals surface area contributed by atoms with E-state index in [9.17, 15) is 14.4 Å². The van der Waals surface area contributed by atoms with E-state index in [2.05, 4.69) is 13.2 Å². The molecule has 0 radical (unpaired) electrons. The van der Waals surface area contributed by atoms with E-state index in [0.29, 0.717) is 11.4 Å². The molecule has 0 saturated heterocycles. The molecular weight excluding hydrogens is 300 g/mol. The third kappa shape index (κ3) is 7.49. The summed E-state index contributed by atoms with van der Waals surface area (Å²) in [5, 5.41) is 1.54. The number of ether oxygens (including phenoxy) is 2. The van der Waals surface area contributed by atoms with Gasteiger partial charge in [0.15, 0.2) is 0 Å². The van der Waals surface area contributed by atoms with Crippen LogP contribution in [0.4, 0.5) is 9.59 Å². The van der Waals surface area contributed by atoms with Crippen LogP contribution in [-0.2, 0) is 14.3 Å². The van der Waals surface area contributed by atoms with Crippen LogP contribution in [-0.4, -0.2) is 46.9 Å². The molecule has 0 aliphatic carbocycles. The molecule has 7 nitrogen and oxygen atoms in total. The third-order valence-electron chi connectivity index (χ3n) is 2.40. The van der Waals surface area contributed by atoms with E-state index in [1.807, 2.05) is 0 Å². The number of amides is 3. The van der Waals surface area contributed by atoms with E-state index in [-0.39, 0.29) is 13.0 Å². The maximum atomic E-state index is 12.3. The van der Waals surface area contributed by atoms with Gasteiger partial charge in [0, 0.05) is 6.42 Å². The van der Waals surface area contributed by atoms with Crippen LogP contribution in [0, 0.1) is 0 Å². The highest BCUT2D eigenvalue weighted by Crippen LogP contribution is 2.11. The summed E-state index contributed by atoms with van der Waals surface area (Å²) in [7, 11) is 0. The van der Waals surface area contributed by atoms with Crippen LogP contribution in [0.15, 0.2) is 25.3 Å². The van der Waals surface area contributed by atoms with E-state index in [4.69, 9.17) is 9.47 Å². The fourth-order valence-electron chi connectivity index (χ4n) is 1.54. The molecule has 0 fully saturated rings. The molecule has 3 amide bonds. The van der Waals surface area contributed by atoms with Gasteiger partial charge >= 0.3 is 12.2 Å². The van der Waals surface area contributed by atoms with Gasteiger partial charge in [-0.25, -0.2) is 14.6 Å². The summed E-state index contributed by atoms with van der Waals surface area (Å²) < 4.78 is 10.1. The first-order valence-electron chi connectivity index (χ1n) is 7.48. The third-order valence-corrected chi connectivity index (χ3v) is 2.40. The number of hydrogen-bond donors (Lipinski definition) is 0. The van der Waals surface area contributed by atoms with Crippen molar-refractivity contribution >= 4 is 18.1 Å². The van der Waals surface area contributed by atoms with E-state index >= 15 is 0 Å². The smallest absolute Gasteiger partial charge is 0.436 e. The van der Waals surface area contributed by atoms with Crippen molar-refractivity contribution in [3.63, 3.8) is 0 Å². The molecule has 0 rings (SSSR count). The summed E-state index contributed by atoms with van der Waals surface area (Å²) in [5.41, 5.74) is 0. The second-order valence-corrected chi connectivity index (χ2v) is 5.27. The Morgan fingerprint density at radius 2 is 1.48 bits per heavy atom. The zero-order chi connectivity index (χ0) is 18.0. The maximum Gasteiger partial charge on any atom is 0.436 e. The Bertz CT molecular complexity index is 446. The van der Waals surface area contributed by atoms with Crippen molar-refractivity contribution in [2.24, 2.45) is 0 Å². The minimum absolute atomic E-state index is 0.0132. The second kappa shape index (κ2) is 10.4. The zero-order valence-corrected chi connectivity index (χ0v) is 14.3. The van der Waals surface area contributed by atoms with Crippen LogP contribution >= 0.6 is 0 Å². The molecule has 0 aliphatic rings. The van der Waals surface area contributed by atoms with Gasteiger partial charge in [-0.15, -0.1) is 18.2 Å². The molecule has 0 aromatic carbocycles. The first-order valence-corrected chi connectivity index (χ1v) is 7.48. The van der Waals surface area contributed by atoms with Crippen molar-refractivity contribution < 1.29 is 23.9 Å². The summed E-state index contributed by atoms with van der Waals surface area (Å²) in [4.78, 5) is 36.8. The van der Waals surface area contributed by atoms with Crippen LogP contribution < -0.4 is 0 Å². The van der Waals surface area contributed by atoms with Crippen molar-refractivity contribution in [1.82, 2.24) is 10.0 Å². The number of hydrazine groups is 1. The predicted octanol–water partition coefficient (Wildman–Crippen LogP) is 3.27. The molecular formula is C16H26N2O5. The fourth-order valence-corrected chi connectivity index (χ4v) is 1.54. The van der Waals surface area contributed by atoms with Gasteiger partial charge in [-0.2, -0.15) is 0 Å². The average Bonchev–Trinajstić information content (AvgIpc) is 2.42. The van der Waals surface area contributed by atoms with Crippen LogP contribution in [0.2, 0.25) is 0 Å². The zero-order valence-electron chi connectivity index (χ0n) is 14.3. The Morgan fingerprint density at radius 1 is 0.957 bits per heavy atom. The topological polar surface area (TPSA) is 76.2 Å². The van der Waals surface area contributed by atoms with Gasteiger partial charge in [0.2, 0.25) is 0 Å². The van der Waals surface area contributed by atoms with Crippen LogP contribution in [0.25, 0.3) is 0 Å². The van der Waals surface area contributed by atoms with Gasteiger partial charge in [0.25, 0.3) is 5.91 Å². The molecule has 0 bridgehead atoms. The van der Waals surface area contributed by atoms with E-state index in [1.54, 1.807) is 33.8 Å². The standard InChI is InChI=1S/C16H26N2O5/c1-7-9-10-14(19)18(16(21)23-13(5)6)17(11-8-2)15(20)22-12(3)4/h7-8,12-13H,1-2,9-11H2,3-6H3. The molecule has 0 unspecified atom stereocenters. The Kier molecular flexibility index (Phi) is 9.37. The Morgan fingerprint density at radius 3 is 1.91 bits per heavy atom. The van der Waals surface area contributed by atoms with Crippen molar-refractivity contribution in [3.8, 4) is 0 Å². The lowest BCUT2D eigenvalue weighted by atomic mass is 10.3. The van der Waals surface area contributed by atoms with Gasteiger partial charge in [-0.3, -0.25) is 4.79 Å². The Labute approximate surface area is 137 Å². The normalized spacial score (nSPS) is 10.2. The molecule has 0 heterocycles. The highest BCUT2D eigenvalue weighted by atomic mass is 16.6. The average molecular weight is 326 g/mol. The molecule has 0 aromatic heterocycles. The predicted molar refractivity (Wildman–Crippen MR) is 86.4 cm³/mol. The van der Waals surface area contributed by atoms with Crippen LogP contribution in [0.1, 0.15) is 40.5 Å². The Balaban J connectivity index is 5.48. The Hall–Kier alpha value is -2.31. The number of hydrogen-bond acceptors (Lipinski definition) is 5. The van der Waals surface area contributed by atoms with Crippen molar-refractivity contribution in [3.05, 3.63) is 25.3 Å². The monoisotopic (exact) mass is 326 g/mol.